The van der Waals surface area contributed by atoms with E-state index >= 15 is 0 Å². The molecule has 3 fully saturated rings. The van der Waals surface area contributed by atoms with Crippen LogP contribution in [-0.2, 0) is 19.2 Å². The highest BCUT2D eigenvalue weighted by Crippen LogP contribution is 2.53. The number of Topliss-reactive ketones (excluding diaryl/α,β-unsaturated/α-hetero) is 1. The number of carboxylic acids is 1. The quantitative estimate of drug-likeness (QED) is 0.279. The molecule has 34 heavy (non-hydrogen) atoms. The van der Waals surface area contributed by atoms with Gasteiger partial charge in [0.2, 0.25) is 12.3 Å². The van der Waals surface area contributed by atoms with Crippen LogP contribution in [0.25, 0.3) is 0 Å². The fourth-order valence-electron chi connectivity index (χ4n) is 5.70. The van der Waals surface area contributed by atoms with Gasteiger partial charge in [-0.2, -0.15) is 0 Å². The van der Waals surface area contributed by atoms with Crippen molar-refractivity contribution in [2.45, 2.75) is 82.7 Å². The number of hydrogen-bond acceptors (Lipinski definition) is 7. The molecule has 6 atom stereocenters. The minimum Gasteiger partial charge on any atom is -0.477 e. The van der Waals surface area contributed by atoms with Gasteiger partial charge in [-0.3, -0.25) is 9.59 Å². The summed E-state index contributed by atoms with van der Waals surface area (Å²) in [5.74, 6) is -1.69. The highest BCUT2D eigenvalue weighted by molar-refractivity contribution is 8.03. The van der Waals surface area contributed by atoms with Crippen LogP contribution in [0.5, 0.6) is 0 Å². The molecule has 10 heteroatoms. The van der Waals surface area contributed by atoms with Crippen molar-refractivity contribution in [3.05, 3.63) is 10.6 Å². The monoisotopic (exact) mass is 494 g/mol. The topological polar surface area (TPSA) is 142 Å². The van der Waals surface area contributed by atoms with E-state index in [4.69, 9.17) is 5.73 Å². The molecule has 0 bridgehead atoms. The smallest absolute Gasteiger partial charge is 0.353 e. The van der Waals surface area contributed by atoms with E-state index in [1.807, 2.05) is 13.8 Å². The van der Waals surface area contributed by atoms with E-state index in [-0.39, 0.29) is 52.5 Å². The largest absolute Gasteiger partial charge is 0.477 e. The minimum absolute atomic E-state index is 0.0393. The van der Waals surface area contributed by atoms with Crippen LogP contribution in [0.15, 0.2) is 10.6 Å². The van der Waals surface area contributed by atoms with Gasteiger partial charge in [-0.15, -0.1) is 11.8 Å². The Hall–Kier alpha value is -1.91. The number of thioether (sulfide) groups is 1. The average molecular weight is 495 g/mol. The highest BCUT2D eigenvalue weighted by Gasteiger charge is 2.60. The lowest BCUT2D eigenvalue weighted by atomic mass is 9.73. The molecule has 0 radical (unpaired) electrons. The summed E-state index contributed by atoms with van der Waals surface area (Å²) in [4.78, 5) is 48.8. The van der Waals surface area contributed by atoms with Gasteiger partial charge in [-0.05, 0) is 32.1 Å². The molecule has 1 aliphatic carbocycles. The normalized spacial score (nSPS) is 31.5. The van der Waals surface area contributed by atoms with Gasteiger partial charge >= 0.3 is 5.97 Å². The Morgan fingerprint density at radius 2 is 2.03 bits per heavy atom. The third-order valence-corrected chi connectivity index (χ3v) is 8.85. The van der Waals surface area contributed by atoms with Crippen LogP contribution < -0.4 is 16.4 Å². The van der Waals surface area contributed by atoms with Crippen LogP contribution in [0, 0.1) is 17.8 Å². The standard InChI is InChI=1S/C19H27N3O5S.C5H11N/c1-9(4-10(2)24)14-15-11(3)17(16(19(26)27)22(15)18(14)25)28-13-5-12(21-7-13)6-20-8-23;6-5-3-1-2-4-5/h8-9,11-15,21H,4-7H2,1-3H3,(H,20,23)(H,26,27);5H,1-4,6H2/t9-,11+,12-,13-,14+,15-;/m0./s1. The van der Waals surface area contributed by atoms with Crippen molar-refractivity contribution in [2.75, 3.05) is 13.1 Å². The van der Waals surface area contributed by atoms with Crippen molar-refractivity contribution in [2.24, 2.45) is 23.5 Å². The molecule has 4 rings (SSSR count). The fraction of sp³-hybridized carbons (Fsp3) is 0.750. The summed E-state index contributed by atoms with van der Waals surface area (Å²) in [5.41, 5.74) is 5.64. The number of carbonyl (C=O) groups excluding carboxylic acids is 3. The number of nitrogens with two attached hydrogens (primary N) is 1. The van der Waals surface area contributed by atoms with Crippen LogP contribution >= 0.6 is 11.8 Å². The van der Waals surface area contributed by atoms with Gasteiger partial charge in [0.1, 0.15) is 11.5 Å². The number of hydrogen-bond donors (Lipinski definition) is 4. The first-order valence-corrected chi connectivity index (χ1v) is 13.2. The summed E-state index contributed by atoms with van der Waals surface area (Å²) >= 11 is 1.53. The lowest BCUT2D eigenvalue weighted by Crippen LogP contribution is -2.62. The molecule has 5 N–H and O–H groups in total. The molecular weight excluding hydrogens is 456 g/mol. The van der Waals surface area contributed by atoms with E-state index in [9.17, 15) is 24.3 Å². The molecule has 1 saturated carbocycles. The molecule has 4 aliphatic rings. The summed E-state index contributed by atoms with van der Waals surface area (Å²) in [7, 11) is 0. The number of β-lactam (4-membered cyclic amide) rings is 1. The number of amides is 2. The van der Waals surface area contributed by atoms with Crippen LogP contribution in [0.1, 0.15) is 59.3 Å². The van der Waals surface area contributed by atoms with Gasteiger partial charge in [0.05, 0.1) is 12.0 Å². The number of nitrogens with zero attached hydrogens (tertiary/aromatic N) is 1. The van der Waals surface area contributed by atoms with Crippen LogP contribution in [0.2, 0.25) is 0 Å². The minimum atomic E-state index is -1.08. The van der Waals surface area contributed by atoms with Crippen LogP contribution in [0.3, 0.4) is 0 Å². The Balaban J connectivity index is 0.000000469. The predicted octanol–water partition coefficient (Wildman–Crippen LogP) is 1.47. The van der Waals surface area contributed by atoms with E-state index in [1.165, 1.54) is 49.3 Å². The Morgan fingerprint density at radius 3 is 2.56 bits per heavy atom. The maximum Gasteiger partial charge on any atom is 0.353 e. The predicted molar refractivity (Wildman–Crippen MR) is 131 cm³/mol. The number of carboxylic acid groups (broad SMARTS) is 1. The number of aliphatic carboxylic acids is 1. The summed E-state index contributed by atoms with van der Waals surface area (Å²) < 4.78 is 0. The number of carbonyl (C=O) groups is 4. The van der Waals surface area contributed by atoms with Gasteiger partial charge in [0.15, 0.2) is 0 Å². The number of rotatable bonds is 9. The van der Waals surface area contributed by atoms with Gasteiger partial charge in [-0.25, -0.2) is 4.79 Å². The second kappa shape index (κ2) is 11.7. The Morgan fingerprint density at radius 1 is 1.35 bits per heavy atom. The Bertz CT molecular complexity index is 828. The summed E-state index contributed by atoms with van der Waals surface area (Å²) in [6.07, 6.45) is 7.07. The van der Waals surface area contributed by atoms with Gasteiger partial charge in [0.25, 0.3) is 0 Å². The molecule has 0 aromatic heterocycles. The van der Waals surface area contributed by atoms with Crippen molar-refractivity contribution in [1.82, 2.24) is 15.5 Å². The lowest BCUT2D eigenvalue weighted by molar-refractivity contribution is -0.160. The molecule has 190 valence electrons. The average Bonchev–Trinajstić information content (AvgIpc) is 3.47. The van der Waals surface area contributed by atoms with Crippen LogP contribution in [0.4, 0.5) is 0 Å². The van der Waals surface area contributed by atoms with Gasteiger partial charge in [0, 0.05) is 47.7 Å². The number of ketones is 1. The second-order valence-corrected chi connectivity index (χ2v) is 11.4. The maximum atomic E-state index is 12.7. The molecule has 0 spiro atoms. The highest BCUT2D eigenvalue weighted by atomic mass is 32.2. The van der Waals surface area contributed by atoms with E-state index in [0.717, 1.165) is 17.9 Å². The molecule has 2 saturated heterocycles. The zero-order valence-electron chi connectivity index (χ0n) is 20.3. The molecule has 0 unspecified atom stereocenters. The molecule has 3 aliphatic heterocycles. The molecule has 2 amide bonds. The third-order valence-electron chi connectivity index (χ3n) is 7.34. The molecule has 0 aromatic carbocycles. The third kappa shape index (κ3) is 5.83. The Labute approximate surface area is 205 Å². The van der Waals surface area contributed by atoms with E-state index in [0.29, 0.717) is 25.4 Å². The Kier molecular flexibility index (Phi) is 9.17. The van der Waals surface area contributed by atoms with E-state index in [1.54, 1.807) is 0 Å². The van der Waals surface area contributed by atoms with Gasteiger partial charge < -0.3 is 31.2 Å². The SMILES string of the molecule is CC(=O)C[C@H](C)[C@H]1C(=O)N2C(C(=O)O)=C(S[C@@H]3CN[C@H](CNC=O)C3)[C@H](C)[C@@H]12.NC1CCCC1. The summed E-state index contributed by atoms with van der Waals surface area (Å²) in [5, 5.41) is 16.0. The van der Waals surface area contributed by atoms with Crippen molar-refractivity contribution in [3.63, 3.8) is 0 Å². The molecular formula is C24H38N4O5S. The number of fused-ring (bicyclic) bond motifs is 1. The number of nitrogens with one attached hydrogen (secondary N) is 2. The van der Waals surface area contributed by atoms with Crippen molar-refractivity contribution >= 4 is 35.8 Å². The van der Waals surface area contributed by atoms with Crippen molar-refractivity contribution in [1.29, 1.82) is 0 Å². The molecule has 9 nitrogen and oxygen atoms in total. The zero-order chi connectivity index (χ0) is 25.0. The first-order valence-electron chi connectivity index (χ1n) is 12.3. The van der Waals surface area contributed by atoms with E-state index < -0.39 is 5.97 Å². The van der Waals surface area contributed by atoms with Crippen molar-refractivity contribution < 1.29 is 24.3 Å². The summed E-state index contributed by atoms with van der Waals surface area (Å²) in [6.45, 7) is 6.65. The summed E-state index contributed by atoms with van der Waals surface area (Å²) in [6, 6.07) is 0.526. The first-order chi connectivity index (χ1) is 16.1. The van der Waals surface area contributed by atoms with E-state index in [2.05, 4.69) is 10.6 Å². The maximum absolute atomic E-state index is 12.7. The molecule has 3 heterocycles. The second-order valence-electron chi connectivity index (χ2n) is 10.1. The molecule has 0 aromatic rings. The lowest BCUT2D eigenvalue weighted by Gasteiger charge is -2.47. The van der Waals surface area contributed by atoms with Crippen LogP contribution in [-0.4, -0.2) is 70.5 Å². The first kappa shape index (κ1) is 26.7. The van der Waals surface area contributed by atoms with Gasteiger partial charge in [-0.1, -0.05) is 26.7 Å². The fourth-order valence-corrected chi connectivity index (χ4v) is 7.22. The van der Waals surface area contributed by atoms with Crippen molar-refractivity contribution in [3.8, 4) is 0 Å². The zero-order valence-corrected chi connectivity index (χ0v) is 21.1.